The number of hydrogen-bond donors (Lipinski definition) is 2. The Kier molecular flexibility index (Phi) is 10.9. The van der Waals surface area contributed by atoms with Gasteiger partial charge < -0.3 is 14.9 Å². The smallest absolute Gasteiger partial charge is 0.335 e. The van der Waals surface area contributed by atoms with Crippen molar-refractivity contribution in [3.8, 4) is 11.4 Å². The number of ketones is 1. The molecule has 0 saturated carbocycles. The molecule has 0 spiro atoms. The normalized spacial score (nSPS) is 16.8. The predicted molar refractivity (Wildman–Crippen MR) is 169 cm³/mol. The van der Waals surface area contributed by atoms with Gasteiger partial charge in [0.05, 0.1) is 21.9 Å². The average molecular weight is 627 g/mol. The molecule has 1 aromatic carbocycles. The highest BCUT2D eigenvalue weighted by molar-refractivity contribution is 7.51. The third-order valence-electron chi connectivity index (χ3n) is 8.13. The van der Waals surface area contributed by atoms with Crippen LogP contribution < -0.4 is 4.90 Å². The predicted octanol–water partition coefficient (Wildman–Crippen LogP) is 2.17. The highest BCUT2D eigenvalue weighted by Gasteiger charge is 2.24. The molecule has 5 heterocycles. The highest BCUT2D eigenvalue weighted by Crippen LogP contribution is 2.36. The number of unbranched alkanes of at least 4 members (excludes halogenated alkanes) is 1. The van der Waals surface area contributed by atoms with E-state index in [0.29, 0.717) is 6.42 Å². The zero-order chi connectivity index (χ0) is 30.2. The molecule has 0 atom stereocenters. The first-order chi connectivity index (χ1) is 21.0. The zero-order valence-electron chi connectivity index (χ0n) is 24.4. The summed E-state index contributed by atoms with van der Waals surface area (Å²) >= 11 is 1.09. The van der Waals surface area contributed by atoms with Crippen molar-refractivity contribution in [2.75, 3.05) is 77.5 Å². The number of thiophene rings is 1. The van der Waals surface area contributed by atoms with Crippen LogP contribution in [-0.4, -0.2) is 127 Å². The molecule has 12 nitrogen and oxygen atoms in total. The summed E-state index contributed by atoms with van der Waals surface area (Å²) in [5.74, 6) is 1.71. The molecule has 230 valence electrons. The van der Waals surface area contributed by atoms with Crippen molar-refractivity contribution < 1.29 is 18.3 Å². The van der Waals surface area contributed by atoms with E-state index in [9.17, 15) is 4.79 Å². The molecule has 6 rings (SSSR count). The number of piperazine rings is 2. The minimum Gasteiger partial charge on any atom is -0.389 e. The second-order valence-electron chi connectivity index (χ2n) is 11.1. The maximum absolute atomic E-state index is 11.4. The maximum Gasteiger partial charge on any atom is 0.335 e. The summed E-state index contributed by atoms with van der Waals surface area (Å²) in [6, 6.07) is 8.41. The Labute approximate surface area is 258 Å². The molecular weight excluding hydrogens is 589 g/mol. The van der Waals surface area contributed by atoms with Gasteiger partial charge in [-0.15, -0.1) is 11.3 Å². The Morgan fingerprint density at radius 3 is 2.51 bits per heavy atom. The molecule has 2 fully saturated rings. The molecular formula is C29H38N8O4S2. The number of likely N-dealkylation sites (N-methyl/N-ethyl adjacent to an activating group) is 1. The molecule has 2 saturated heterocycles. The lowest BCUT2D eigenvalue weighted by atomic mass is 10.1. The molecule has 4 aromatic rings. The first-order valence-electron chi connectivity index (χ1n) is 14.6. The van der Waals surface area contributed by atoms with E-state index < -0.39 is 11.6 Å². The lowest BCUT2D eigenvalue weighted by Crippen LogP contribution is -2.47. The standard InChI is InChI=1S/C29H38N8O2S.O2S/c1-34-9-11-36(12-10-34)19-22-17-26-27(40-22)29(32-28(31-26)23-6-4-7-25-24(23)18-30-33-25)37-15-13-35(14-16-37)8-3-2-5-21(39)20-38;1-3-2/h4,6-7,17-18,38H,2-3,5,8-16,19-20H2,1H3,(H,30,33);. The number of anilines is 1. The Hall–Kier alpha value is -3.14. The number of aliphatic hydroxyl groups is 1. The van der Waals surface area contributed by atoms with Crippen LogP contribution in [0.15, 0.2) is 30.5 Å². The molecule has 0 bridgehead atoms. The van der Waals surface area contributed by atoms with E-state index >= 15 is 0 Å². The summed E-state index contributed by atoms with van der Waals surface area (Å²) in [4.78, 5) is 32.9. The Morgan fingerprint density at radius 2 is 1.77 bits per heavy atom. The molecule has 0 aliphatic carbocycles. The second kappa shape index (κ2) is 15.0. The zero-order valence-corrected chi connectivity index (χ0v) is 26.0. The van der Waals surface area contributed by atoms with Gasteiger partial charge in [-0.05, 0) is 38.6 Å². The van der Waals surface area contributed by atoms with E-state index in [0.717, 1.165) is 112 Å². The van der Waals surface area contributed by atoms with Crippen LogP contribution in [0.4, 0.5) is 5.82 Å². The molecule has 2 aliphatic heterocycles. The fraction of sp³-hybridized carbons (Fsp3) is 0.517. The number of aliphatic hydroxyl groups excluding tert-OH is 1. The minimum atomic E-state index is -0.750. The van der Waals surface area contributed by atoms with E-state index in [1.54, 1.807) is 0 Å². The first kappa shape index (κ1) is 31.3. The van der Waals surface area contributed by atoms with Crippen LogP contribution in [0.1, 0.15) is 24.1 Å². The van der Waals surface area contributed by atoms with Gasteiger partial charge in [-0.3, -0.25) is 19.7 Å². The molecule has 43 heavy (non-hydrogen) atoms. The van der Waals surface area contributed by atoms with Crippen LogP contribution in [0.2, 0.25) is 0 Å². The summed E-state index contributed by atoms with van der Waals surface area (Å²) in [7, 11) is 2.19. The second-order valence-corrected chi connectivity index (χ2v) is 12.3. The van der Waals surface area contributed by atoms with E-state index in [4.69, 9.17) is 23.5 Å². The van der Waals surface area contributed by atoms with Gasteiger partial charge in [-0.1, -0.05) is 12.1 Å². The van der Waals surface area contributed by atoms with Gasteiger partial charge in [-0.2, -0.15) is 13.5 Å². The van der Waals surface area contributed by atoms with Crippen LogP contribution in [-0.2, 0) is 22.9 Å². The lowest BCUT2D eigenvalue weighted by Gasteiger charge is -2.35. The SMILES string of the molecule is CN1CCN(Cc2cc3nc(-c4cccc5[nH]ncc45)nc(N4CCN(CCCCC(=O)CO)CC4)c3s2)CC1.O=S=O. The number of fused-ring (bicyclic) bond motifs is 2. The Balaban J connectivity index is 0.00000118. The van der Waals surface area contributed by atoms with Crippen molar-refractivity contribution >= 4 is 55.6 Å². The monoisotopic (exact) mass is 626 g/mol. The van der Waals surface area contributed by atoms with E-state index in [-0.39, 0.29) is 12.4 Å². The van der Waals surface area contributed by atoms with Gasteiger partial charge in [-0.25, -0.2) is 9.97 Å². The fourth-order valence-corrected chi connectivity index (χ4v) is 6.84. The van der Waals surface area contributed by atoms with Crippen molar-refractivity contribution in [3.05, 3.63) is 35.3 Å². The van der Waals surface area contributed by atoms with Gasteiger partial charge >= 0.3 is 11.6 Å². The number of aromatic amines is 1. The van der Waals surface area contributed by atoms with Crippen LogP contribution in [0.5, 0.6) is 0 Å². The number of carbonyl (C=O) groups is 1. The summed E-state index contributed by atoms with van der Waals surface area (Å²) in [5.41, 5.74) is 3.00. The maximum atomic E-state index is 11.4. The number of aromatic nitrogens is 4. The van der Waals surface area contributed by atoms with Crippen LogP contribution in [0, 0.1) is 0 Å². The first-order valence-corrected chi connectivity index (χ1v) is 16.1. The number of nitrogens with zero attached hydrogens (tertiary/aromatic N) is 7. The number of Topliss-reactive ketones (excluding diaryl/α,β-unsaturated/α-hetero) is 1. The quantitative estimate of drug-likeness (QED) is 0.251. The molecule has 2 aliphatic rings. The van der Waals surface area contributed by atoms with E-state index in [1.807, 2.05) is 29.7 Å². The van der Waals surface area contributed by atoms with Crippen molar-refractivity contribution in [1.82, 2.24) is 34.9 Å². The lowest BCUT2D eigenvalue weighted by molar-refractivity contribution is -0.121. The van der Waals surface area contributed by atoms with Gasteiger partial charge in [0.25, 0.3) is 0 Å². The van der Waals surface area contributed by atoms with Crippen LogP contribution >= 0.6 is 11.3 Å². The Bertz CT molecular complexity index is 1550. The van der Waals surface area contributed by atoms with Crippen molar-refractivity contribution in [2.45, 2.75) is 25.8 Å². The largest absolute Gasteiger partial charge is 0.389 e. The number of rotatable bonds is 10. The summed E-state index contributed by atoms with van der Waals surface area (Å²) in [6.45, 7) is 9.72. The van der Waals surface area contributed by atoms with Crippen LogP contribution in [0.25, 0.3) is 32.5 Å². The van der Waals surface area contributed by atoms with Gasteiger partial charge in [0, 0.05) is 81.2 Å². The summed E-state index contributed by atoms with van der Waals surface area (Å²) in [6.07, 6.45) is 4.14. The van der Waals surface area contributed by atoms with Gasteiger partial charge in [0.1, 0.15) is 6.61 Å². The summed E-state index contributed by atoms with van der Waals surface area (Å²) in [5, 5.41) is 17.3. The number of nitrogens with one attached hydrogen (secondary N) is 1. The fourth-order valence-electron chi connectivity index (χ4n) is 5.69. The molecule has 0 radical (unpaired) electrons. The van der Waals surface area contributed by atoms with Gasteiger partial charge in [0.2, 0.25) is 0 Å². The molecule has 14 heteroatoms. The molecule has 2 N–H and O–H groups in total. The molecule has 3 aromatic heterocycles. The van der Waals surface area contributed by atoms with E-state index in [2.05, 4.69) is 49.0 Å². The molecule has 0 amide bonds. The molecule has 0 unspecified atom stereocenters. The van der Waals surface area contributed by atoms with Crippen LogP contribution in [0.3, 0.4) is 0 Å². The van der Waals surface area contributed by atoms with E-state index in [1.165, 1.54) is 9.58 Å². The summed E-state index contributed by atoms with van der Waals surface area (Å²) < 4.78 is 17.8. The highest BCUT2D eigenvalue weighted by atomic mass is 32.1. The number of hydrogen-bond acceptors (Lipinski definition) is 12. The van der Waals surface area contributed by atoms with Crippen molar-refractivity contribution in [1.29, 1.82) is 0 Å². The number of H-pyrrole nitrogens is 1. The van der Waals surface area contributed by atoms with Crippen molar-refractivity contribution in [3.63, 3.8) is 0 Å². The third kappa shape index (κ3) is 7.88. The van der Waals surface area contributed by atoms with Gasteiger partial charge in [0.15, 0.2) is 17.4 Å². The number of benzene rings is 1. The average Bonchev–Trinajstić information content (AvgIpc) is 3.67. The van der Waals surface area contributed by atoms with Crippen molar-refractivity contribution in [2.24, 2.45) is 0 Å². The Morgan fingerprint density at radius 1 is 1.02 bits per heavy atom. The number of carbonyl (C=O) groups excluding carboxylic acids is 1. The minimum absolute atomic E-state index is 0.0672. The topological polar surface area (TPSA) is 139 Å². The third-order valence-corrected chi connectivity index (χ3v) is 9.24.